The molecule has 1 rings (SSSR count). The summed E-state index contributed by atoms with van der Waals surface area (Å²) in [4.78, 5) is 27.5. The number of ketones is 1. The van der Waals surface area contributed by atoms with Gasteiger partial charge in [0.05, 0.1) is 12.7 Å². The van der Waals surface area contributed by atoms with E-state index in [1.807, 2.05) is 0 Å². The molecule has 0 unspecified atom stereocenters. The van der Waals surface area contributed by atoms with Crippen LogP contribution < -0.4 is 5.48 Å². The summed E-state index contributed by atoms with van der Waals surface area (Å²) in [5.74, 6) is -1.05. The maximum Gasteiger partial charge on any atom is 0.278 e. The van der Waals surface area contributed by atoms with E-state index >= 15 is 0 Å². The number of nitrogens with one attached hydrogen (secondary N) is 1. The lowest BCUT2D eigenvalue weighted by Crippen LogP contribution is -2.22. The summed E-state index contributed by atoms with van der Waals surface area (Å²) in [5.41, 5.74) is 2.53. The molecule has 0 aliphatic rings. The first-order chi connectivity index (χ1) is 7.97. The van der Waals surface area contributed by atoms with Gasteiger partial charge in [-0.1, -0.05) is 19.9 Å². The van der Waals surface area contributed by atoms with Gasteiger partial charge in [-0.05, 0) is 12.1 Å². The van der Waals surface area contributed by atoms with Crippen molar-refractivity contribution in [1.29, 1.82) is 0 Å². The molecule has 0 aliphatic carbocycles. The molecule has 0 saturated heterocycles. The molecule has 0 spiro atoms. The zero-order valence-electron chi connectivity index (χ0n) is 9.98. The van der Waals surface area contributed by atoms with Gasteiger partial charge in [0.15, 0.2) is 5.78 Å². The van der Waals surface area contributed by atoms with E-state index in [2.05, 4.69) is 10.3 Å². The topological polar surface area (TPSA) is 75.6 Å². The van der Waals surface area contributed by atoms with Crippen molar-refractivity contribution in [2.45, 2.75) is 13.8 Å². The lowest BCUT2D eigenvalue weighted by atomic mass is 9.99. The number of Topliss-reactive ketones (excluding diaryl/α,β-unsaturated/α-hetero) is 1. The molecule has 0 bridgehead atoms. The summed E-state index contributed by atoms with van der Waals surface area (Å²) in [5, 5.41) is 9.65. The fourth-order valence-electron chi connectivity index (χ4n) is 1.36. The molecule has 0 aromatic heterocycles. The monoisotopic (exact) mass is 237 g/mol. The van der Waals surface area contributed by atoms with Crippen LogP contribution in [0.3, 0.4) is 0 Å². The Hall–Kier alpha value is -1.88. The second kappa shape index (κ2) is 5.45. The van der Waals surface area contributed by atoms with Crippen molar-refractivity contribution in [1.82, 2.24) is 5.48 Å². The second-order valence-corrected chi connectivity index (χ2v) is 3.89. The normalized spacial score (nSPS) is 10.4. The van der Waals surface area contributed by atoms with E-state index in [1.165, 1.54) is 25.3 Å². The lowest BCUT2D eigenvalue weighted by molar-refractivity contribution is 0.0535. The number of hydroxylamine groups is 1. The van der Waals surface area contributed by atoms with Gasteiger partial charge in [-0.25, -0.2) is 5.48 Å². The molecular weight excluding hydrogens is 222 g/mol. The van der Waals surface area contributed by atoms with Crippen LogP contribution in [-0.2, 0) is 4.84 Å². The second-order valence-electron chi connectivity index (χ2n) is 3.89. The number of carbonyl (C=O) groups excluding carboxylic acids is 2. The number of phenols is 1. The smallest absolute Gasteiger partial charge is 0.278 e. The summed E-state index contributed by atoms with van der Waals surface area (Å²) in [6, 6.07) is 4.18. The summed E-state index contributed by atoms with van der Waals surface area (Å²) >= 11 is 0. The molecule has 17 heavy (non-hydrogen) atoms. The van der Waals surface area contributed by atoms with Crippen molar-refractivity contribution in [2.75, 3.05) is 7.11 Å². The van der Waals surface area contributed by atoms with Gasteiger partial charge >= 0.3 is 0 Å². The number of amides is 1. The molecule has 5 heteroatoms. The molecule has 0 fully saturated rings. The van der Waals surface area contributed by atoms with E-state index in [4.69, 9.17) is 0 Å². The molecule has 1 aromatic carbocycles. The van der Waals surface area contributed by atoms with Crippen molar-refractivity contribution in [3.63, 3.8) is 0 Å². The van der Waals surface area contributed by atoms with Crippen LogP contribution in [0.25, 0.3) is 0 Å². The van der Waals surface area contributed by atoms with Crippen LogP contribution in [-0.4, -0.2) is 23.9 Å². The number of phenolic OH excluding ortho intramolecular Hbond substituents is 1. The first kappa shape index (κ1) is 13.2. The zero-order chi connectivity index (χ0) is 13.0. The minimum absolute atomic E-state index is 0.0622. The third kappa shape index (κ3) is 3.04. The molecule has 0 aliphatic heterocycles. The van der Waals surface area contributed by atoms with Gasteiger partial charge in [0.1, 0.15) is 5.75 Å². The van der Waals surface area contributed by atoms with Gasteiger partial charge in [-0.3, -0.25) is 14.4 Å². The molecule has 0 heterocycles. The van der Waals surface area contributed by atoms with E-state index in [-0.39, 0.29) is 23.0 Å². The minimum atomic E-state index is -0.562. The van der Waals surface area contributed by atoms with E-state index in [9.17, 15) is 14.7 Å². The Morgan fingerprint density at radius 3 is 2.47 bits per heavy atom. The van der Waals surface area contributed by atoms with Crippen molar-refractivity contribution < 1.29 is 19.5 Å². The molecular formula is C12H15NO4. The highest BCUT2D eigenvalue weighted by molar-refractivity contribution is 6.01. The van der Waals surface area contributed by atoms with Crippen molar-refractivity contribution in [3.8, 4) is 5.75 Å². The highest BCUT2D eigenvalue weighted by atomic mass is 16.6. The highest BCUT2D eigenvalue weighted by Crippen LogP contribution is 2.20. The quantitative estimate of drug-likeness (QED) is 0.615. The Morgan fingerprint density at radius 2 is 2.00 bits per heavy atom. The number of benzene rings is 1. The highest BCUT2D eigenvalue weighted by Gasteiger charge is 2.15. The third-order valence-corrected chi connectivity index (χ3v) is 2.25. The van der Waals surface area contributed by atoms with Gasteiger partial charge in [-0.2, -0.15) is 0 Å². The molecule has 2 N–H and O–H groups in total. The maximum atomic E-state index is 11.7. The number of aromatic hydroxyl groups is 1. The fourth-order valence-corrected chi connectivity index (χ4v) is 1.36. The fraction of sp³-hybridized carbons (Fsp3) is 0.333. The Kier molecular flexibility index (Phi) is 4.23. The number of carbonyl (C=O) groups is 2. The number of hydrogen-bond donors (Lipinski definition) is 2. The average Bonchev–Trinajstić information content (AvgIpc) is 2.27. The molecule has 0 atom stereocenters. The Morgan fingerprint density at radius 1 is 1.35 bits per heavy atom. The Balaban J connectivity index is 3.02. The van der Waals surface area contributed by atoms with Crippen molar-refractivity contribution >= 4 is 11.7 Å². The summed E-state index contributed by atoms with van der Waals surface area (Å²) in [6.07, 6.45) is 0. The number of rotatable bonds is 4. The first-order valence-corrected chi connectivity index (χ1v) is 5.18. The molecule has 0 radical (unpaired) electrons. The Labute approximate surface area is 99.4 Å². The van der Waals surface area contributed by atoms with Crippen LogP contribution in [0.4, 0.5) is 0 Å². The third-order valence-electron chi connectivity index (χ3n) is 2.25. The predicted molar refractivity (Wildman–Crippen MR) is 61.8 cm³/mol. The van der Waals surface area contributed by atoms with E-state index in [0.717, 1.165) is 0 Å². The Bertz CT molecular complexity index is 440. The van der Waals surface area contributed by atoms with Gasteiger partial charge in [0, 0.05) is 11.5 Å². The average molecular weight is 237 g/mol. The summed E-state index contributed by atoms with van der Waals surface area (Å²) in [7, 11) is 1.30. The van der Waals surface area contributed by atoms with E-state index < -0.39 is 5.91 Å². The van der Waals surface area contributed by atoms with Crippen LogP contribution >= 0.6 is 0 Å². The zero-order valence-corrected chi connectivity index (χ0v) is 9.98. The molecule has 1 aromatic rings. The van der Waals surface area contributed by atoms with Crippen LogP contribution in [0.2, 0.25) is 0 Å². The first-order valence-electron chi connectivity index (χ1n) is 5.18. The number of hydrogen-bond acceptors (Lipinski definition) is 4. The largest absolute Gasteiger partial charge is 0.507 e. The SMILES string of the molecule is CONC(=O)c1ccc(C(=O)C(C)C)cc1O. The molecule has 92 valence electrons. The van der Waals surface area contributed by atoms with Crippen molar-refractivity contribution in [3.05, 3.63) is 29.3 Å². The van der Waals surface area contributed by atoms with Crippen LogP contribution in [0, 0.1) is 5.92 Å². The van der Waals surface area contributed by atoms with Gasteiger partial charge in [0.2, 0.25) is 0 Å². The van der Waals surface area contributed by atoms with Crippen LogP contribution in [0.1, 0.15) is 34.6 Å². The van der Waals surface area contributed by atoms with Crippen LogP contribution in [0.15, 0.2) is 18.2 Å². The van der Waals surface area contributed by atoms with Gasteiger partial charge in [0.25, 0.3) is 5.91 Å². The van der Waals surface area contributed by atoms with E-state index in [0.29, 0.717) is 5.56 Å². The van der Waals surface area contributed by atoms with Crippen molar-refractivity contribution in [2.24, 2.45) is 5.92 Å². The van der Waals surface area contributed by atoms with E-state index in [1.54, 1.807) is 13.8 Å². The van der Waals surface area contributed by atoms with Gasteiger partial charge < -0.3 is 5.11 Å². The molecule has 0 saturated carbocycles. The standard InChI is InChI=1S/C12H15NO4/c1-7(2)11(15)8-4-5-9(10(14)6-8)12(16)13-17-3/h4-7,14H,1-3H3,(H,13,16). The predicted octanol–water partition coefficient (Wildman–Crippen LogP) is 1.52. The van der Waals surface area contributed by atoms with Gasteiger partial charge in [-0.15, -0.1) is 0 Å². The molecule has 1 amide bonds. The minimum Gasteiger partial charge on any atom is -0.507 e. The lowest BCUT2D eigenvalue weighted by Gasteiger charge is -2.08. The van der Waals surface area contributed by atoms with Crippen LogP contribution in [0.5, 0.6) is 5.75 Å². The maximum absolute atomic E-state index is 11.7. The summed E-state index contributed by atoms with van der Waals surface area (Å²) in [6.45, 7) is 3.54. The summed E-state index contributed by atoms with van der Waals surface area (Å²) < 4.78 is 0. The molecule has 5 nitrogen and oxygen atoms in total.